The molecule has 0 bridgehead atoms. The van der Waals surface area contributed by atoms with Crippen LogP contribution in [0.3, 0.4) is 0 Å². The van der Waals surface area contributed by atoms with Crippen LogP contribution in [0.1, 0.15) is 10.4 Å². The van der Waals surface area contributed by atoms with Crippen LogP contribution in [0.4, 0.5) is 5.69 Å². The van der Waals surface area contributed by atoms with Gasteiger partial charge in [0.2, 0.25) is 0 Å². The predicted octanol–water partition coefficient (Wildman–Crippen LogP) is 3.08. The van der Waals surface area contributed by atoms with E-state index in [1.807, 2.05) is 14.1 Å². The van der Waals surface area contributed by atoms with Gasteiger partial charge in [0.05, 0.1) is 6.54 Å². The number of rotatable bonds is 6. The summed E-state index contributed by atoms with van der Waals surface area (Å²) in [6.07, 6.45) is 0.978. The summed E-state index contributed by atoms with van der Waals surface area (Å²) >= 11 is 1.76. The van der Waals surface area contributed by atoms with Crippen molar-refractivity contribution in [3.05, 3.63) is 52.2 Å². The highest BCUT2D eigenvalue weighted by Crippen LogP contribution is 2.12. The molecule has 0 fully saturated rings. The van der Waals surface area contributed by atoms with Gasteiger partial charge >= 0.3 is 0 Å². The Balaban J connectivity index is 0.00000242. The van der Waals surface area contributed by atoms with Gasteiger partial charge in [-0.05, 0) is 35.6 Å². The molecular weight excluding hydrogens is 407 g/mol. The first kappa shape index (κ1) is 18.8. The molecule has 1 aromatic carbocycles. The summed E-state index contributed by atoms with van der Waals surface area (Å²) in [5.41, 5.74) is 8.21. The molecule has 0 radical (unpaired) electrons. The number of hydrogen-bond donors (Lipinski definition) is 2. The van der Waals surface area contributed by atoms with Crippen molar-refractivity contribution in [1.82, 2.24) is 5.32 Å². The second kappa shape index (κ2) is 9.68. The maximum atomic E-state index is 5.87. The number of hydrogen-bond acceptors (Lipinski definition) is 3. The van der Waals surface area contributed by atoms with Crippen molar-refractivity contribution in [3.63, 3.8) is 0 Å². The first-order valence-corrected chi connectivity index (χ1v) is 7.85. The van der Waals surface area contributed by atoms with Crippen LogP contribution in [0.2, 0.25) is 0 Å². The van der Waals surface area contributed by atoms with E-state index < -0.39 is 0 Å². The van der Waals surface area contributed by atoms with Gasteiger partial charge in [-0.3, -0.25) is 0 Å². The van der Waals surface area contributed by atoms with Gasteiger partial charge < -0.3 is 16.0 Å². The van der Waals surface area contributed by atoms with Gasteiger partial charge in [-0.1, -0.05) is 18.2 Å². The van der Waals surface area contributed by atoms with Crippen molar-refractivity contribution < 1.29 is 0 Å². The largest absolute Gasteiger partial charge is 0.378 e. The Morgan fingerprint density at radius 1 is 1.23 bits per heavy atom. The SMILES string of the molecule is CN(C)c1ccc(CN=C(N)NCCc2cccs2)cc1.I. The van der Waals surface area contributed by atoms with E-state index in [4.69, 9.17) is 5.73 Å². The normalized spacial score (nSPS) is 10.9. The van der Waals surface area contributed by atoms with Gasteiger partial charge in [0.1, 0.15) is 0 Å². The predicted molar refractivity (Wildman–Crippen MR) is 108 cm³/mol. The quantitative estimate of drug-likeness (QED) is 0.421. The number of aliphatic imine (C=N–C) groups is 1. The van der Waals surface area contributed by atoms with Crippen molar-refractivity contribution in [1.29, 1.82) is 0 Å². The van der Waals surface area contributed by atoms with Crippen LogP contribution in [0.15, 0.2) is 46.8 Å². The molecule has 2 rings (SSSR count). The first-order valence-electron chi connectivity index (χ1n) is 6.97. The Morgan fingerprint density at radius 3 is 2.55 bits per heavy atom. The Kier molecular flexibility index (Phi) is 8.26. The van der Waals surface area contributed by atoms with E-state index in [2.05, 4.69) is 57.0 Å². The number of nitrogens with zero attached hydrogens (tertiary/aromatic N) is 2. The molecule has 0 aliphatic rings. The highest BCUT2D eigenvalue weighted by molar-refractivity contribution is 14.0. The fraction of sp³-hybridized carbons (Fsp3) is 0.312. The van der Waals surface area contributed by atoms with Gasteiger partial charge in [-0.25, -0.2) is 4.99 Å². The molecule has 0 saturated heterocycles. The van der Waals surface area contributed by atoms with Gasteiger partial charge in [-0.2, -0.15) is 0 Å². The number of halogens is 1. The molecule has 0 unspecified atom stereocenters. The monoisotopic (exact) mass is 430 g/mol. The number of guanidine groups is 1. The van der Waals surface area contributed by atoms with E-state index in [-0.39, 0.29) is 24.0 Å². The molecule has 0 amide bonds. The molecule has 6 heteroatoms. The first-order chi connectivity index (χ1) is 10.1. The molecule has 1 heterocycles. The van der Waals surface area contributed by atoms with Gasteiger partial charge in [0, 0.05) is 31.2 Å². The third kappa shape index (κ3) is 6.23. The number of nitrogens with one attached hydrogen (secondary N) is 1. The van der Waals surface area contributed by atoms with Crippen molar-refractivity contribution in [2.24, 2.45) is 10.7 Å². The summed E-state index contributed by atoms with van der Waals surface area (Å²) in [6, 6.07) is 12.5. The van der Waals surface area contributed by atoms with Gasteiger partial charge in [0.25, 0.3) is 0 Å². The van der Waals surface area contributed by atoms with Crippen LogP contribution < -0.4 is 16.0 Å². The fourth-order valence-electron chi connectivity index (χ4n) is 1.90. The molecule has 120 valence electrons. The summed E-state index contributed by atoms with van der Waals surface area (Å²) in [6.45, 7) is 1.42. The van der Waals surface area contributed by atoms with Crippen LogP contribution in [0.25, 0.3) is 0 Å². The molecule has 0 spiro atoms. The number of nitrogens with two attached hydrogens (primary N) is 1. The van der Waals surface area contributed by atoms with E-state index in [0.717, 1.165) is 18.5 Å². The Bertz CT molecular complexity index is 564. The van der Waals surface area contributed by atoms with Crippen LogP contribution >= 0.6 is 35.3 Å². The summed E-state index contributed by atoms with van der Waals surface area (Å²) in [7, 11) is 4.06. The van der Waals surface area contributed by atoms with E-state index in [1.54, 1.807) is 11.3 Å². The number of thiophene rings is 1. The minimum atomic E-state index is 0. The topological polar surface area (TPSA) is 53.6 Å². The van der Waals surface area contributed by atoms with Crippen LogP contribution in [0, 0.1) is 0 Å². The third-order valence-electron chi connectivity index (χ3n) is 3.14. The lowest BCUT2D eigenvalue weighted by molar-refractivity contribution is 0.857. The zero-order valence-electron chi connectivity index (χ0n) is 13.0. The lowest BCUT2D eigenvalue weighted by Crippen LogP contribution is -2.33. The lowest BCUT2D eigenvalue weighted by atomic mass is 10.2. The summed E-state index contributed by atoms with van der Waals surface area (Å²) in [5, 5.41) is 5.23. The highest BCUT2D eigenvalue weighted by atomic mass is 127. The lowest BCUT2D eigenvalue weighted by Gasteiger charge is -2.12. The summed E-state index contributed by atoms with van der Waals surface area (Å²) in [5.74, 6) is 0.503. The zero-order chi connectivity index (χ0) is 15.1. The molecule has 0 atom stereocenters. The Morgan fingerprint density at radius 2 is 1.95 bits per heavy atom. The number of benzene rings is 1. The molecule has 22 heavy (non-hydrogen) atoms. The van der Waals surface area contributed by atoms with E-state index in [9.17, 15) is 0 Å². The van der Waals surface area contributed by atoms with E-state index in [1.165, 1.54) is 10.6 Å². The van der Waals surface area contributed by atoms with Crippen LogP contribution in [-0.4, -0.2) is 26.6 Å². The molecule has 0 aliphatic heterocycles. The summed E-state index contributed by atoms with van der Waals surface area (Å²) < 4.78 is 0. The van der Waals surface area contributed by atoms with Gasteiger partial charge in [0.15, 0.2) is 5.96 Å². The maximum Gasteiger partial charge on any atom is 0.188 e. The highest BCUT2D eigenvalue weighted by Gasteiger charge is 1.97. The molecule has 0 aliphatic carbocycles. The van der Waals surface area contributed by atoms with Crippen LogP contribution in [-0.2, 0) is 13.0 Å². The Hall–Kier alpha value is -1.28. The fourth-order valence-corrected chi connectivity index (χ4v) is 2.61. The average Bonchev–Trinajstić information content (AvgIpc) is 2.99. The molecular formula is C16H23IN4S. The van der Waals surface area contributed by atoms with E-state index in [0.29, 0.717) is 12.5 Å². The number of anilines is 1. The smallest absolute Gasteiger partial charge is 0.188 e. The minimum absolute atomic E-state index is 0. The molecule has 4 nitrogen and oxygen atoms in total. The summed E-state index contributed by atoms with van der Waals surface area (Å²) in [4.78, 5) is 7.79. The molecule has 1 aromatic heterocycles. The van der Waals surface area contributed by atoms with Crippen molar-refractivity contribution in [2.45, 2.75) is 13.0 Å². The maximum absolute atomic E-state index is 5.87. The standard InChI is InChI=1S/C16H22N4S.HI/c1-20(2)14-7-5-13(6-8-14)12-19-16(17)18-10-9-15-4-3-11-21-15;/h3-8,11H,9-10,12H2,1-2H3,(H3,17,18,19);1H. The van der Waals surface area contributed by atoms with Crippen molar-refractivity contribution in [3.8, 4) is 0 Å². The van der Waals surface area contributed by atoms with Crippen LogP contribution in [0.5, 0.6) is 0 Å². The molecule has 2 aromatic rings. The Labute approximate surface area is 153 Å². The second-order valence-electron chi connectivity index (χ2n) is 5.02. The van der Waals surface area contributed by atoms with Crippen molar-refractivity contribution in [2.75, 3.05) is 25.5 Å². The second-order valence-corrected chi connectivity index (χ2v) is 6.05. The van der Waals surface area contributed by atoms with Gasteiger partial charge in [-0.15, -0.1) is 35.3 Å². The molecule has 3 N–H and O–H groups in total. The zero-order valence-corrected chi connectivity index (χ0v) is 16.1. The van der Waals surface area contributed by atoms with Crippen molar-refractivity contribution >= 4 is 47.0 Å². The average molecular weight is 430 g/mol. The van der Waals surface area contributed by atoms with E-state index >= 15 is 0 Å². The third-order valence-corrected chi connectivity index (χ3v) is 4.08. The molecule has 0 saturated carbocycles. The minimum Gasteiger partial charge on any atom is -0.378 e.